The van der Waals surface area contributed by atoms with Gasteiger partial charge in [0.25, 0.3) is 0 Å². The average Bonchev–Trinajstić information content (AvgIpc) is 3.27. The Hall–Kier alpha value is -3.20. The molecule has 3 aromatic rings. The van der Waals surface area contributed by atoms with Gasteiger partial charge in [-0.3, -0.25) is 4.79 Å². The van der Waals surface area contributed by atoms with Gasteiger partial charge in [0, 0.05) is 32.0 Å². The van der Waals surface area contributed by atoms with Gasteiger partial charge >= 0.3 is 0 Å². The van der Waals surface area contributed by atoms with E-state index in [0.717, 1.165) is 35.5 Å². The van der Waals surface area contributed by atoms with Crippen molar-refractivity contribution in [3.05, 3.63) is 47.5 Å². The first-order chi connectivity index (χ1) is 16.1. The maximum atomic E-state index is 12.4. The smallest absolute Gasteiger partial charge is 0.230 e. The molecule has 0 radical (unpaired) electrons. The van der Waals surface area contributed by atoms with E-state index in [1.54, 1.807) is 0 Å². The molecule has 5 rings (SSSR count). The number of fused-ring (bicyclic) bond motifs is 2. The summed E-state index contributed by atoms with van der Waals surface area (Å²) in [6.45, 7) is 3.83. The zero-order valence-electron chi connectivity index (χ0n) is 18.7. The summed E-state index contributed by atoms with van der Waals surface area (Å²) in [6, 6.07) is 11.9. The SMILES string of the molecule is C[C@@H]1Cc2cc(CNC(=O)CSc3nnc(-c4ccc5c(c4)OCCCO5)n3C)ccc2O1. The van der Waals surface area contributed by atoms with Crippen LogP contribution in [0.2, 0.25) is 0 Å². The molecule has 0 saturated carbocycles. The molecule has 0 spiro atoms. The summed E-state index contributed by atoms with van der Waals surface area (Å²) >= 11 is 1.36. The number of ether oxygens (including phenoxy) is 3. The lowest BCUT2D eigenvalue weighted by atomic mass is 10.1. The molecule has 1 atom stereocenters. The molecular formula is C24H26N4O4S. The second-order valence-electron chi connectivity index (χ2n) is 8.22. The van der Waals surface area contributed by atoms with Crippen LogP contribution in [0.4, 0.5) is 0 Å². The highest BCUT2D eigenvalue weighted by molar-refractivity contribution is 7.99. The number of carbonyl (C=O) groups excluding carboxylic acids is 1. The number of rotatable bonds is 6. The second-order valence-corrected chi connectivity index (χ2v) is 9.16. The normalized spacial score (nSPS) is 16.6. The average molecular weight is 467 g/mol. The molecule has 8 nitrogen and oxygen atoms in total. The molecule has 2 aromatic carbocycles. The Labute approximate surface area is 196 Å². The largest absolute Gasteiger partial charge is 0.490 e. The number of carbonyl (C=O) groups is 1. The molecule has 0 aliphatic carbocycles. The highest BCUT2D eigenvalue weighted by Gasteiger charge is 2.19. The van der Waals surface area contributed by atoms with E-state index >= 15 is 0 Å². The van der Waals surface area contributed by atoms with Crippen LogP contribution in [0.1, 0.15) is 24.5 Å². The fourth-order valence-electron chi connectivity index (χ4n) is 3.96. The van der Waals surface area contributed by atoms with Gasteiger partial charge in [-0.2, -0.15) is 0 Å². The zero-order valence-corrected chi connectivity index (χ0v) is 19.5. The predicted molar refractivity (Wildman–Crippen MR) is 125 cm³/mol. The molecule has 172 valence electrons. The third-order valence-electron chi connectivity index (χ3n) is 5.62. The summed E-state index contributed by atoms with van der Waals surface area (Å²) in [4.78, 5) is 12.4. The molecule has 0 bridgehead atoms. The zero-order chi connectivity index (χ0) is 22.8. The summed E-state index contributed by atoms with van der Waals surface area (Å²) in [7, 11) is 1.90. The molecule has 0 saturated heterocycles. The minimum absolute atomic E-state index is 0.0507. The van der Waals surface area contributed by atoms with Gasteiger partial charge in [0.15, 0.2) is 22.5 Å². The van der Waals surface area contributed by atoms with Crippen molar-refractivity contribution in [1.82, 2.24) is 20.1 Å². The first-order valence-corrected chi connectivity index (χ1v) is 12.0. The fourth-order valence-corrected chi connectivity index (χ4v) is 4.70. The third-order valence-corrected chi connectivity index (χ3v) is 6.64. The lowest BCUT2D eigenvalue weighted by molar-refractivity contribution is -0.118. The molecule has 3 heterocycles. The van der Waals surface area contributed by atoms with E-state index < -0.39 is 0 Å². The Morgan fingerprint density at radius 2 is 1.94 bits per heavy atom. The van der Waals surface area contributed by atoms with Gasteiger partial charge < -0.3 is 24.1 Å². The van der Waals surface area contributed by atoms with Gasteiger partial charge in [-0.25, -0.2) is 0 Å². The van der Waals surface area contributed by atoms with Crippen molar-refractivity contribution >= 4 is 17.7 Å². The number of nitrogens with zero attached hydrogens (tertiary/aromatic N) is 3. The van der Waals surface area contributed by atoms with Gasteiger partial charge in [0.05, 0.1) is 19.0 Å². The number of benzene rings is 2. The lowest BCUT2D eigenvalue weighted by Crippen LogP contribution is -2.24. The molecule has 1 amide bonds. The van der Waals surface area contributed by atoms with Crippen LogP contribution in [0, 0.1) is 0 Å². The number of hydrogen-bond donors (Lipinski definition) is 1. The summed E-state index contributed by atoms with van der Waals surface area (Å²) in [6.07, 6.45) is 1.98. The quantitative estimate of drug-likeness (QED) is 0.557. The number of thioether (sulfide) groups is 1. The predicted octanol–water partition coefficient (Wildman–Crippen LogP) is 3.38. The summed E-state index contributed by atoms with van der Waals surface area (Å²) in [5, 5.41) is 12.2. The highest BCUT2D eigenvalue weighted by Crippen LogP contribution is 2.34. The van der Waals surface area contributed by atoms with Gasteiger partial charge in [-0.15, -0.1) is 10.2 Å². The van der Waals surface area contributed by atoms with Gasteiger partial charge in [0.1, 0.15) is 11.9 Å². The Bertz CT molecular complexity index is 1180. The van der Waals surface area contributed by atoms with Crippen LogP contribution in [-0.2, 0) is 24.8 Å². The van der Waals surface area contributed by atoms with E-state index in [1.807, 2.05) is 41.9 Å². The molecule has 2 aliphatic heterocycles. The van der Waals surface area contributed by atoms with Crippen molar-refractivity contribution in [2.45, 2.75) is 37.6 Å². The number of hydrogen-bond acceptors (Lipinski definition) is 7. The number of aromatic nitrogens is 3. The Balaban J connectivity index is 1.18. The third kappa shape index (κ3) is 4.78. The topological polar surface area (TPSA) is 87.5 Å². The van der Waals surface area contributed by atoms with Gasteiger partial charge in [-0.05, 0) is 42.3 Å². The molecule has 9 heteroatoms. The van der Waals surface area contributed by atoms with Crippen molar-refractivity contribution < 1.29 is 19.0 Å². The second kappa shape index (κ2) is 9.35. The van der Waals surface area contributed by atoms with Crippen LogP contribution in [0.3, 0.4) is 0 Å². The summed E-state index contributed by atoms with van der Waals surface area (Å²) < 4.78 is 19.1. The monoisotopic (exact) mass is 466 g/mol. The van der Waals surface area contributed by atoms with E-state index in [9.17, 15) is 4.79 Å². The molecule has 0 unspecified atom stereocenters. The minimum Gasteiger partial charge on any atom is -0.490 e. The van der Waals surface area contributed by atoms with Crippen molar-refractivity contribution in [3.63, 3.8) is 0 Å². The number of nitrogens with one attached hydrogen (secondary N) is 1. The first kappa shape index (κ1) is 21.6. The highest BCUT2D eigenvalue weighted by atomic mass is 32.2. The summed E-state index contributed by atoms with van der Waals surface area (Å²) in [5.41, 5.74) is 3.16. The summed E-state index contributed by atoms with van der Waals surface area (Å²) in [5.74, 6) is 3.33. The Morgan fingerprint density at radius 3 is 2.82 bits per heavy atom. The van der Waals surface area contributed by atoms with Crippen molar-refractivity contribution in [1.29, 1.82) is 0 Å². The minimum atomic E-state index is -0.0507. The van der Waals surface area contributed by atoms with Crippen LogP contribution in [0.25, 0.3) is 11.4 Å². The molecule has 0 fully saturated rings. The molecule has 1 N–H and O–H groups in total. The van der Waals surface area contributed by atoms with Crippen LogP contribution in [0.15, 0.2) is 41.6 Å². The van der Waals surface area contributed by atoms with Crippen LogP contribution in [-0.4, -0.2) is 45.7 Å². The molecule has 2 aliphatic rings. The molecule has 33 heavy (non-hydrogen) atoms. The van der Waals surface area contributed by atoms with E-state index in [-0.39, 0.29) is 17.8 Å². The van der Waals surface area contributed by atoms with Crippen molar-refractivity contribution in [3.8, 4) is 28.6 Å². The Morgan fingerprint density at radius 1 is 1.12 bits per heavy atom. The molecule has 1 aromatic heterocycles. The van der Waals surface area contributed by atoms with Crippen molar-refractivity contribution in [2.75, 3.05) is 19.0 Å². The molecular weight excluding hydrogens is 440 g/mol. The Kier molecular flexibility index (Phi) is 6.13. The van der Waals surface area contributed by atoms with E-state index in [1.165, 1.54) is 17.3 Å². The first-order valence-electron chi connectivity index (χ1n) is 11.0. The number of amides is 1. The van der Waals surface area contributed by atoms with Crippen LogP contribution in [0.5, 0.6) is 17.2 Å². The van der Waals surface area contributed by atoms with Gasteiger partial charge in [-0.1, -0.05) is 23.9 Å². The van der Waals surface area contributed by atoms with E-state index in [0.29, 0.717) is 36.5 Å². The van der Waals surface area contributed by atoms with E-state index in [4.69, 9.17) is 14.2 Å². The standard InChI is InChI=1S/C24H26N4O4S/c1-15-10-18-11-16(4-6-19(18)32-15)13-25-22(29)14-33-24-27-26-23(28(24)2)17-5-7-20-21(12-17)31-9-3-8-30-20/h4-7,11-12,15H,3,8-10,13-14H2,1-2H3,(H,25,29)/t15-/m1/s1. The fraction of sp³-hybridized carbons (Fsp3) is 0.375. The van der Waals surface area contributed by atoms with Crippen LogP contribution >= 0.6 is 11.8 Å². The lowest BCUT2D eigenvalue weighted by Gasteiger charge is -2.09. The van der Waals surface area contributed by atoms with Crippen LogP contribution < -0.4 is 19.5 Å². The maximum absolute atomic E-state index is 12.4. The van der Waals surface area contributed by atoms with Gasteiger partial charge in [0.2, 0.25) is 5.91 Å². The van der Waals surface area contributed by atoms with E-state index in [2.05, 4.69) is 28.5 Å². The van der Waals surface area contributed by atoms with Crippen molar-refractivity contribution in [2.24, 2.45) is 7.05 Å². The maximum Gasteiger partial charge on any atom is 0.230 e.